The number of amides is 2. The van der Waals surface area contributed by atoms with Gasteiger partial charge in [-0.05, 0) is 74.7 Å². The first-order valence-corrected chi connectivity index (χ1v) is 16.2. The summed E-state index contributed by atoms with van der Waals surface area (Å²) in [5, 5.41) is 3.57. The first-order chi connectivity index (χ1) is 20.8. The maximum absolute atomic E-state index is 14.5. The van der Waals surface area contributed by atoms with Crippen LogP contribution >= 0.6 is 11.6 Å². The molecule has 44 heavy (non-hydrogen) atoms. The van der Waals surface area contributed by atoms with Gasteiger partial charge in [0.1, 0.15) is 12.6 Å². The smallest absolute Gasteiger partial charge is 0.264 e. The molecule has 0 spiro atoms. The number of para-hydroxylation sites is 1. The summed E-state index contributed by atoms with van der Waals surface area (Å²) in [6.45, 7) is 6.99. The molecule has 0 radical (unpaired) electrons. The van der Waals surface area contributed by atoms with Gasteiger partial charge in [-0.3, -0.25) is 13.9 Å². The molecule has 0 aliphatic rings. The highest BCUT2D eigenvalue weighted by molar-refractivity contribution is 7.92. The Kier molecular flexibility index (Phi) is 10.5. The molecule has 230 valence electrons. The fourth-order valence-corrected chi connectivity index (χ4v) is 6.50. The van der Waals surface area contributed by atoms with Crippen LogP contribution in [0.1, 0.15) is 37.5 Å². The third-order valence-electron chi connectivity index (χ3n) is 7.03. The minimum absolute atomic E-state index is 0.0617. The van der Waals surface area contributed by atoms with Crippen molar-refractivity contribution in [2.24, 2.45) is 0 Å². The lowest BCUT2D eigenvalue weighted by Gasteiger charge is -2.35. The third-order valence-corrected chi connectivity index (χ3v) is 9.06. The van der Waals surface area contributed by atoms with Crippen LogP contribution in [0.5, 0.6) is 0 Å². The van der Waals surface area contributed by atoms with Gasteiger partial charge in [0.05, 0.1) is 10.6 Å². The number of aryl methyl sites for hydroxylation is 1. The number of carbonyl (C=O) groups is 2. The maximum Gasteiger partial charge on any atom is 0.264 e. The Labute approximate surface area is 265 Å². The quantitative estimate of drug-likeness (QED) is 0.208. The number of carbonyl (C=O) groups excluding carboxylic acids is 2. The number of rotatable bonds is 11. The Morgan fingerprint density at radius 1 is 0.795 bits per heavy atom. The first kappa shape index (κ1) is 32.8. The lowest BCUT2D eigenvalue weighted by Crippen LogP contribution is -2.56. The van der Waals surface area contributed by atoms with Crippen LogP contribution in [-0.4, -0.2) is 43.3 Å². The van der Waals surface area contributed by atoms with Crippen molar-refractivity contribution in [3.05, 3.63) is 131 Å². The Balaban J connectivity index is 1.82. The van der Waals surface area contributed by atoms with E-state index in [1.54, 1.807) is 67.6 Å². The largest absolute Gasteiger partial charge is 0.350 e. The number of hydrogen-bond donors (Lipinski definition) is 1. The summed E-state index contributed by atoms with van der Waals surface area (Å²) in [5.74, 6) is -0.857. The predicted molar refractivity (Wildman–Crippen MR) is 176 cm³/mol. The van der Waals surface area contributed by atoms with Crippen LogP contribution in [0.3, 0.4) is 0 Å². The number of benzene rings is 4. The van der Waals surface area contributed by atoms with Crippen LogP contribution in [0, 0.1) is 6.92 Å². The molecule has 1 N–H and O–H groups in total. The molecule has 9 heteroatoms. The number of anilines is 1. The highest BCUT2D eigenvalue weighted by Gasteiger charge is 2.35. The highest BCUT2D eigenvalue weighted by Crippen LogP contribution is 2.28. The molecule has 0 aromatic heterocycles. The van der Waals surface area contributed by atoms with Crippen molar-refractivity contribution in [2.75, 3.05) is 10.8 Å². The van der Waals surface area contributed by atoms with Gasteiger partial charge in [-0.1, -0.05) is 90.5 Å². The van der Waals surface area contributed by atoms with Gasteiger partial charge in [-0.25, -0.2) is 8.42 Å². The molecular formula is C35H38ClN3O4S. The van der Waals surface area contributed by atoms with Gasteiger partial charge >= 0.3 is 0 Å². The number of sulfonamides is 1. The zero-order valence-corrected chi connectivity index (χ0v) is 27.0. The molecule has 1 unspecified atom stereocenters. The minimum Gasteiger partial charge on any atom is -0.350 e. The van der Waals surface area contributed by atoms with E-state index < -0.39 is 34.1 Å². The van der Waals surface area contributed by atoms with Gasteiger partial charge in [0, 0.05) is 23.5 Å². The SMILES string of the molecule is Cc1ccccc1N(CC(=O)N(Cc1ccc(Cl)cc1)C(Cc1ccccc1)C(=O)NC(C)(C)C)S(=O)(=O)c1ccccc1. The number of halogens is 1. The van der Waals surface area contributed by atoms with Gasteiger partial charge in [0.25, 0.3) is 10.0 Å². The molecule has 0 saturated carbocycles. The van der Waals surface area contributed by atoms with E-state index in [0.29, 0.717) is 16.3 Å². The van der Waals surface area contributed by atoms with E-state index >= 15 is 0 Å². The van der Waals surface area contributed by atoms with Crippen molar-refractivity contribution in [3.8, 4) is 0 Å². The van der Waals surface area contributed by atoms with E-state index in [-0.39, 0.29) is 23.8 Å². The topological polar surface area (TPSA) is 86.8 Å². The van der Waals surface area contributed by atoms with Crippen LogP contribution in [0.15, 0.2) is 114 Å². The molecule has 4 rings (SSSR count). The van der Waals surface area contributed by atoms with Crippen molar-refractivity contribution in [1.29, 1.82) is 0 Å². The number of nitrogens with one attached hydrogen (secondary N) is 1. The van der Waals surface area contributed by atoms with Crippen LogP contribution in [0.2, 0.25) is 5.02 Å². The standard InChI is InChI=1S/C35H38ClN3O4S/c1-26-13-11-12-18-31(26)39(44(42,43)30-16-9-6-10-17-30)25-33(40)38(24-28-19-21-29(36)22-20-28)32(34(41)37-35(2,3)4)23-27-14-7-5-8-15-27/h5-22,32H,23-25H2,1-4H3,(H,37,41). The maximum atomic E-state index is 14.5. The van der Waals surface area contributed by atoms with Crippen molar-refractivity contribution >= 4 is 39.1 Å². The summed E-state index contributed by atoms with van der Waals surface area (Å²) in [7, 11) is -4.15. The molecular weight excluding hydrogens is 594 g/mol. The Morgan fingerprint density at radius 2 is 1.36 bits per heavy atom. The Bertz CT molecular complexity index is 1670. The fourth-order valence-electron chi connectivity index (χ4n) is 4.87. The van der Waals surface area contributed by atoms with E-state index in [4.69, 9.17) is 11.6 Å². The zero-order valence-electron chi connectivity index (χ0n) is 25.4. The summed E-state index contributed by atoms with van der Waals surface area (Å²) in [4.78, 5) is 30.0. The molecule has 2 amide bonds. The minimum atomic E-state index is -4.15. The molecule has 4 aromatic rings. The molecule has 4 aromatic carbocycles. The molecule has 0 aliphatic carbocycles. The van der Waals surface area contributed by atoms with E-state index in [2.05, 4.69) is 5.32 Å². The highest BCUT2D eigenvalue weighted by atomic mass is 35.5. The zero-order chi connectivity index (χ0) is 31.9. The lowest BCUT2D eigenvalue weighted by atomic mass is 10.0. The van der Waals surface area contributed by atoms with E-state index in [9.17, 15) is 18.0 Å². The Morgan fingerprint density at radius 3 is 1.95 bits per heavy atom. The second-order valence-electron chi connectivity index (χ2n) is 11.7. The number of nitrogens with zero attached hydrogens (tertiary/aromatic N) is 2. The molecule has 1 atom stereocenters. The van der Waals surface area contributed by atoms with Gasteiger partial charge in [0.2, 0.25) is 11.8 Å². The molecule has 0 heterocycles. The monoisotopic (exact) mass is 631 g/mol. The third kappa shape index (κ3) is 8.49. The normalized spacial score (nSPS) is 12.3. The molecule has 0 fully saturated rings. The first-order valence-electron chi connectivity index (χ1n) is 14.4. The second-order valence-corrected chi connectivity index (χ2v) is 14.0. The van der Waals surface area contributed by atoms with Crippen LogP contribution < -0.4 is 9.62 Å². The van der Waals surface area contributed by atoms with Gasteiger partial charge in [-0.15, -0.1) is 0 Å². The average molecular weight is 632 g/mol. The van der Waals surface area contributed by atoms with Crippen LogP contribution in [0.25, 0.3) is 0 Å². The van der Waals surface area contributed by atoms with Crippen molar-refractivity contribution in [1.82, 2.24) is 10.2 Å². The van der Waals surface area contributed by atoms with Gasteiger partial charge in [-0.2, -0.15) is 0 Å². The van der Waals surface area contributed by atoms with E-state index in [0.717, 1.165) is 15.4 Å². The number of hydrogen-bond acceptors (Lipinski definition) is 4. The molecule has 0 aliphatic heterocycles. The van der Waals surface area contributed by atoms with Gasteiger partial charge < -0.3 is 10.2 Å². The molecule has 0 bridgehead atoms. The Hall–Kier alpha value is -4.14. The molecule has 7 nitrogen and oxygen atoms in total. The van der Waals surface area contributed by atoms with Crippen molar-refractivity contribution in [2.45, 2.75) is 57.1 Å². The predicted octanol–water partition coefficient (Wildman–Crippen LogP) is 6.40. The summed E-state index contributed by atoms with van der Waals surface area (Å²) in [5.41, 5.74) is 2.12. The summed E-state index contributed by atoms with van der Waals surface area (Å²) < 4.78 is 29.3. The average Bonchev–Trinajstić information content (AvgIpc) is 2.99. The fraction of sp³-hybridized carbons (Fsp3) is 0.257. The molecule has 0 saturated heterocycles. The van der Waals surface area contributed by atoms with E-state index in [1.807, 2.05) is 57.2 Å². The van der Waals surface area contributed by atoms with Crippen molar-refractivity contribution in [3.63, 3.8) is 0 Å². The van der Waals surface area contributed by atoms with Crippen LogP contribution in [0.4, 0.5) is 5.69 Å². The lowest BCUT2D eigenvalue weighted by molar-refractivity contribution is -0.140. The van der Waals surface area contributed by atoms with Gasteiger partial charge in [0.15, 0.2) is 0 Å². The van der Waals surface area contributed by atoms with E-state index in [1.165, 1.54) is 17.0 Å². The second kappa shape index (κ2) is 14.1. The van der Waals surface area contributed by atoms with Crippen LogP contribution in [-0.2, 0) is 32.6 Å². The summed E-state index contributed by atoms with van der Waals surface area (Å²) >= 11 is 6.15. The summed E-state index contributed by atoms with van der Waals surface area (Å²) in [6.07, 6.45) is 0.234. The van der Waals surface area contributed by atoms with Crippen molar-refractivity contribution < 1.29 is 18.0 Å². The summed E-state index contributed by atoms with van der Waals surface area (Å²) in [6, 6.07) is 30.6.